The van der Waals surface area contributed by atoms with Crippen molar-refractivity contribution in [3.05, 3.63) is 56.1 Å². The summed E-state index contributed by atoms with van der Waals surface area (Å²) in [6, 6.07) is 6.09. The third-order valence-electron chi connectivity index (χ3n) is 5.74. The number of nitrogens with zero attached hydrogens (tertiary/aromatic N) is 2. The first kappa shape index (κ1) is 25.1. The third kappa shape index (κ3) is 5.65. The highest BCUT2D eigenvalue weighted by Gasteiger charge is 2.28. The number of esters is 1. The molecule has 1 aliphatic rings. The minimum Gasteiger partial charge on any atom is -0.484 e. The molecule has 10 heteroatoms. The average Bonchev–Trinajstić information content (AvgIpc) is 3.47. The van der Waals surface area contributed by atoms with Gasteiger partial charge in [0, 0.05) is 4.88 Å². The van der Waals surface area contributed by atoms with Crippen LogP contribution >= 0.6 is 23.6 Å². The fraction of sp³-hybridized carbons (Fsp3) is 0.440. The Balaban J connectivity index is 1.44. The van der Waals surface area contributed by atoms with Gasteiger partial charge in [-0.15, -0.1) is 16.4 Å². The highest BCUT2D eigenvalue weighted by molar-refractivity contribution is 7.71. The largest absolute Gasteiger partial charge is 0.484 e. The molecule has 1 aliphatic carbocycles. The van der Waals surface area contributed by atoms with Gasteiger partial charge in [-0.1, -0.05) is 26.0 Å². The van der Waals surface area contributed by atoms with E-state index in [-0.39, 0.29) is 36.4 Å². The molecule has 0 fully saturated rings. The molecule has 1 N–H and O–H groups in total. The van der Waals surface area contributed by atoms with Crippen molar-refractivity contribution in [1.29, 1.82) is 0 Å². The Morgan fingerprint density at radius 1 is 1.31 bits per heavy atom. The van der Waals surface area contributed by atoms with Crippen LogP contribution in [0.2, 0.25) is 0 Å². The number of anilines is 1. The molecule has 35 heavy (non-hydrogen) atoms. The zero-order valence-corrected chi connectivity index (χ0v) is 21.9. The van der Waals surface area contributed by atoms with Gasteiger partial charge in [-0.2, -0.15) is 0 Å². The number of aromatic nitrogens is 2. The number of nitrogens with one attached hydrogen (secondary N) is 1. The summed E-state index contributed by atoms with van der Waals surface area (Å²) in [6.07, 6.45) is 2.72. The summed E-state index contributed by atoms with van der Waals surface area (Å²) < 4.78 is 18.1. The van der Waals surface area contributed by atoms with Gasteiger partial charge in [0.25, 0.3) is 10.7 Å². The maximum absolute atomic E-state index is 12.8. The number of thiophene rings is 1. The molecule has 0 bridgehead atoms. The van der Waals surface area contributed by atoms with Crippen LogP contribution in [0.3, 0.4) is 0 Å². The fourth-order valence-corrected chi connectivity index (χ4v) is 5.60. The molecule has 0 saturated heterocycles. The molecule has 0 spiro atoms. The summed E-state index contributed by atoms with van der Waals surface area (Å²) in [5.41, 5.74) is 3.63. The van der Waals surface area contributed by atoms with E-state index in [1.165, 1.54) is 16.0 Å². The van der Waals surface area contributed by atoms with Crippen LogP contribution < -0.4 is 10.1 Å². The predicted molar refractivity (Wildman–Crippen MR) is 136 cm³/mol. The highest BCUT2D eigenvalue weighted by atomic mass is 32.1. The lowest BCUT2D eigenvalue weighted by Gasteiger charge is -2.13. The van der Waals surface area contributed by atoms with Gasteiger partial charge in [0.2, 0.25) is 5.91 Å². The SMILES string of the molecule is CCOC(=O)c1c(NC(=O)Cn2nc(COc3cc(C)ccc3C(C)C)oc2=S)sc2c1CCC2. The lowest BCUT2D eigenvalue weighted by Crippen LogP contribution is -2.21. The van der Waals surface area contributed by atoms with E-state index >= 15 is 0 Å². The Hall–Kier alpha value is -2.98. The van der Waals surface area contributed by atoms with Gasteiger partial charge in [0.1, 0.15) is 17.3 Å². The summed E-state index contributed by atoms with van der Waals surface area (Å²) in [6.45, 7) is 8.20. The molecule has 0 aliphatic heterocycles. The van der Waals surface area contributed by atoms with Gasteiger partial charge in [0.15, 0.2) is 6.61 Å². The molecule has 3 aromatic rings. The summed E-state index contributed by atoms with van der Waals surface area (Å²) in [5, 5.41) is 7.67. The number of carbonyl (C=O) groups excluding carboxylic acids is 2. The number of carbonyl (C=O) groups is 2. The maximum Gasteiger partial charge on any atom is 0.341 e. The van der Waals surface area contributed by atoms with Crippen LogP contribution in [0.15, 0.2) is 22.6 Å². The van der Waals surface area contributed by atoms with Crippen molar-refractivity contribution >= 4 is 40.4 Å². The molecule has 0 unspecified atom stereocenters. The smallest absolute Gasteiger partial charge is 0.341 e. The van der Waals surface area contributed by atoms with E-state index in [1.807, 2.05) is 13.0 Å². The minimum absolute atomic E-state index is 0.0753. The molecule has 2 aromatic heterocycles. The summed E-state index contributed by atoms with van der Waals surface area (Å²) in [5.74, 6) is 0.591. The first-order valence-electron chi connectivity index (χ1n) is 11.7. The van der Waals surface area contributed by atoms with Crippen molar-refractivity contribution in [2.24, 2.45) is 0 Å². The first-order chi connectivity index (χ1) is 16.8. The van der Waals surface area contributed by atoms with Crippen molar-refractivity contribution in [3.63, 3.8) is 0 Å². The van der Waals surface area contributed by atoms with Crippen molar-refractivity contribution in [3.8, 4) is 5.75 Å². The standard InChI is InChI=1S/C25H29N3O5S2/c1-5-31-24(30)22-17-7-6-8-19(17)35-23(22)26-20(29)12-28-25(34)33-21(27-28)13-32-18-11-15(4)9-10-16(18)14(2)3/h9-11,14H,5-8,12-13H2,1-4H3,(H,26,29). The summed E-state index contributed by atoms with van der Waals surface area (Å²) in [4.78, 5) is 26.5. The average molecular weight is 516 g/mol. The van der Waals surface area contributed by atoms with Gasteiger partial charge < -0.3 is 19.2 Å². The van der Waals surface area contributed by atoms with E-state index in [9.17, 15) is 9.59 Å². The van der Waals surface area contributed by atoms with Crippen LogP contribution in [-0.2, 0) is 35.5 Å². The lowest BCUT2D eigenvalue weighted by molar-refractivity contribution is -0.116. The number of rotatable bonds is 9. The molecule has 1 amide bonds. The Kier molecular flexibility index (Phi) is 7.71. The number of aryl methyl sites for hydroxylation is 2. The molecule has 8 nitrogen and oxygen atoms in total. The monoisotopic (exact) mass is 515 g/mol. The zero-order valence-electron chi connectivity index (χ0n) is 20.3. The molecule has 1 aromatic carbocycles. The Bertz CT molecular complexity index is 1300. The number of hydrogen-bond acceptors (Lipinski definition) is 8. The lowest BCUT2D eigenvalue weighted by atomic mass is 10.0. The van der Waals surface area contributed by atoms with E-state index in [0.717, 1.165) is 46.6 Å². The van der Waals surface area contributed by atoms with Gasteiger partial charge in [0.05, 0.1) is 12.2 Å². The molecule has 0 atom stereocenters. The molecule has 2 heterocycles. The molecule has 0 saturated carbocycles. The van der Waals surface area contributed by atoms with E-state index in [2.05, 4.69) is 36.4 Å². The van der Waals surface area contributed by atoms with Crippen molar-refractivity contribution in [2.75, 3.05) is 11.9 Å². The van der Waals surface area contributed by atoms with Crippen LogP contribution in [-0.4, -0.2) is 28.3 Å². The number of amides is 1. The molecular formula is C25H29N3O5S2. The summed E-state index contributed by atoms with van der Waals surface area (Å²) in [7, 11) is 0. The zero-order chi connectivity index (χ0) is 25.1. The second kappa shape index (κ2) is 10.7. The minimum atomic E-state index is -0.406. The fourth-order valence-electron chi connectivity index (χ4n) is 4.10. The number of hydrogen-bond donors (Lipinski definition) is 1. The van der Waals surface area contributed by atoms with E-state index in [1.54, 1.807) is 6.92 Å². The van der Waals surface area contributed by atoms with Gasteiger partial charge in [-0.05, 0) is 74.0 Å². The number of ether oxygens (including phenoxy) is 2. The Labute approximate surface area is 213 Å². The van der Waals surface area contributed by atoms with Crippen molar-refractivity contribution in [2.45, 2.75) is 66.0 Å². The van der Waals surface area contributed by atoms with Crippen LogP contribution in [0.25, 0.3) is 0 Å². The Morgan fingerprint density at radius 2 is 2.11 bits per heavy atom. The van der Waals surface area contributed by atoms with Gasteiger partial charge >= 0.3 is 5.97 Å². The third-order valence-corrected chi connectivity index (χ3v) is 7.24. The predicted octanol–water partition coefficient (Wildman–Crippen LogP) is 5.58. The molecule has 186 valence electrons. The quantitative estimate of drug-likeness (QED) is 0.293. The van der Waals surface area contributed by atoms with Gasteiger partial charge in [-0.3, -0.25) is 4.79 Å². The topological polar surface area (TPSA) is 95.6 Å². The normalized spacial score (nSPS) is 12.6. The van der Waals surface area contributed by atoms with Crippen LogP contribution in [0.1, 0.15) is 70.9 Å². The maximum atomic E-state index is 12.8. The van der Waals surface area contributed by atoms with E-state index in [0.29, 0.717) is 16.5 Å². The Morgan fingerprint density at radius 3 is 2.86 bits per heavy atom. The number of benzene rings is 1. The van der Waals surface area contributed by atoms with Gasteiger partial charge in [-0.25, -0.2) is 9.48 Å². The van der Waals surface area contributed by atoms with Crippen LogP contribution in [0, 0.1) is 11.8 Å². The van der Waals surface area contributed by atoms with E-state index in [4.69, 9.17) is 26.1 Å². The van der Waals surface area contributed by atoms with E-state index < -0.39 is 5.97 Å². The summed E-state index contributed by atoms with van der Waals surface area (Å²) >= 11 is 6.69. The van der Waals surface area contributed by atoms with Crippen molar-refractivity contribution < 1.29 is 23.5 Å². The van der Waals surface area contributed by atoms with Crippen LogP contribution in [0.4, 0.5) is 5.00 Å². The molecule has 0 radical (unpaired) electrons. The highest BCUT2D eigenvalue weighted by Crippen LogP contribution is 2.39. The van der Waals surface area contributed by atoms with Crippen LogP contribution in [0.5, 0.6) is 5.75 Å². The molecular weight excluding hydrogens is 486 g/mol. The number of fused-ring (bicyclic) bond motifs is 1. The second-order valence-corrected chi connectivity index (χ2v) is 10.2. The molecule has 4 rings (SSSR count). The first-order valence-corrected chi connectivity index (χ1v) is 12.9. The van der Waals surface area contributed by atoms with Crippen molar-refractivity contribution in [1.82, 2.24) is 9.78 Å². The second-order valence-electron chi connectivity index (χ2n) is 8.73.